The van der Waals surface area contributed by atoms with E-state index < -0.39 is 21.8 Å². The SMILES string of the molecule is C[C@H](OC(=O)[C@]1(C)CC1(Cl)Cl)C(=O)NC12CC3CC(CC(C3)C1)C2. The molecule has 5 aliphatic rings. The van der Waals surface area contributed by atoms with E-state index in [2.05, 4.69) is 5.32 Å². The highest BCUT2D eigenvalue weighted by Gasteiger charge is 2.69. The van der Waals surface area contributed by atoms with Gasteiger partial charge in [-0.1, -0.05) is 0 Å². The maximum atomic E-state index is 12.6. The molecule has 0 aromatic carbocycles. The first-order valence-electron chi connectivity index (χ1n) is 9.03. The highest BCUT2D eigenvalue weighted by Crippen LogP contribution is 2.64. The fourth-order valence-corrected chi connectivity index (χ4v) is 6.28. The van der Waals surface area contributed by atoms with Crippen LogP contribution in [-0.4, -0.2) is 27.9 Å². The van der Waals surface area contributed by atoms with Crippen molar-refractivity contribution >= 4 is 35.1 Å². The van der Waals surface area contributed by atoms with Crippen molar-refractivity contribution in [1.29, 1.82) is 0 Å². The third kappa shape index (κ3) is 2.65. The predicted molar refractivity (Wildman–Crippen MR) is 91.8 cm³/mol. The van der Waals surface area contributed by atoms with Gasteiger partial charge >= 0.3 is 5.97 Å². The summed E-state index contributed by atoms with van der Waals surface area (Å²) in [6.45, 7) is 3.31. The third-order valence-electron chi connectivity index (χ3n) is 6.79. The fourth-order valence-electron chi connectivity index (χ4n) is 5.59. The molecule has 0 spiro atoms. The number of rotatable bonds is 4. The van der Waals surface area contributed by atoms with Crippen LogP contribution in [0.15, 0.2) is 0 Å². The second-order valence-electron chi connectivity index (χ2n) is 8.95. The molecule has 24 heavy (non-hydrogen) atoms. The van der Waals surface area contributed by atoms with Crippen LogP contribution >= 0.6 is 23.2 Å². The van der Waals surface area contributed by atoms with Crippen molar-refractivity contribution in [2.75, 3.05) is 0 Å². The number of halogens is 2. The minimum atomic E-state index is -1.07. The second kappa shape index (κ2) is 5.26. The molecular weight excluding hydrogens is 349 g/mol. The van der Waals surface area contributed by atoms with E-state index in [1.807, 2.05) is 0 Å². The number of amides is 1. The minimum absolute atomic E-state index is 0.0707. The Morgan fingerprint density at radius 3 is 1.96 bits per heavy atom. The number of ether oxygens (including phenoxy) is 1. The molecule has 0 heterocycles. The molecule has 0 aromatic heterocycles. The molecule has 4 nitrogen and oxygen atoms in total. The Kier molecular flexibility index (Phi) is 3.72. The van der Waals surface area contributed by atoms with Gasteiger partial charge < -0.3 is 10.1 Å². The van der Waals surface area contributed by atoms with Crippen LogP contribution in [-0.2, 0) is 14.3 Å². The van der Waals surface area contributed by atoms with Crippen molar-refractivity contribution in [3.8, 4) is 0 Å². The Balaban J connectivity index is 1.37. The van der Waals surface area contributed by atoms with Gasteiger partial charge in [0.15, 0.2) is 6.10 Å². The minimum Gasteiger partial charge on any atom is -0.452 e. The predicted octanol–water partition coefficient (Wildman–Crippen LogP) is 3.59. The van der Waals surface area contributed by atoms with Crippen molar-refractivity contribution in [2.24, 2.45) is 23.2 Å². The maximum Gasteiger partial charge on any atom is 0.315 e. The molecule has 2 atom stereocenters. The van der Waals surface area contributed by atoms with E-state index in [0.29, 0.717) is 6.42 Å². The number of alkyl halides is 2. The quantitative estimate of drug-likeness (QED) is 0.605. The molecule has 134 valence electrons. The zero-order valence-corrected chi connectivity index (χ0v) is 15.8. The number of hydrogen-bond acceptors (Lipinski definition) is 3. The van der Waals surface area contributed by atoms with E-state index in [-0.39, 0.29) is 11.4 Å². The average Bonchev–Trinajstić information content (AvgIpc) is 2.96. The molecule has 1 N–H and O–H groups in total. The summed E-state index contributed by atoms with van der Waals surface area (Å²) in [6, 6.07) is 0. The summed E-state index contributed by atoms with van der Waals surface area (Å²) in [5.74, 6) is 1.60. The molecule has 0 aromatic rings. The smallest absolute Gasteiger partial charge is 0.315 e. The highest BCUT2D eigenvalue weighted by molar-refractivity contribution is 6.53. The summed E-state index contributed by atoms with van der Waals surface area (Å²) < 4.78 is 4.30. The first kappa shape index (κ1) is 17.0. The third-order valence-corrected chi connectivity index (χ3v) is 7.89. The van der Waals surface area contributed by atoms with Crippen LogP contribution in [0, 0.1) is 23.2 Å². The zero-order valence-electron chi connectivity index (χ0n) is 14.2. The number of carbonyl (C=O) groups excluding carboxylic acids is 2. The molecule has 1 amide bonds. The van der Waals surface area contributed by atoms with Crippen molar-refractivity contribution in [1.82, 2.24) is 5.32 Å². The van der Waals surface area contributed by atoms with Gasteiger partial charge in [0, 0.05) is 12.0 Å². The van der Waals surface area contributed by atoms with E-state index in [0.717, 1.165) is 37.0 Å². The molecule has 0 unspecified atom stereocenters. The van der Waals surface area contributed by atoms with Crippen molar-refractivity contribution in [3.05, 3.63) is 0 Å². The number of nitrogens with one attached hydrogen (secondary N) is 1. The lowest BCUT2D eigenvalue weighted by Gasteiger charge is -2.57. The van der Waals surface area contributed by atoms with E-state index >= 15 is 0 Å². The van der Waals surface area contributed by atoms with Crippen LogP contribution in [0.25, 0.3) is 0 Å². The van der Waals surface area contributed by atoms with Crippen LogP contribution in [0.1, 0.15) is 58.8 Å². The average molecular weight is 374 g/mol. The molecule has 4 bridgehead atoms. The summed E-state index contributed by atoms with van der Waals surface area (Å²) >= 11 is 12.0. The van der Waals surface area contributed by atoms with Crippen LogP contribution in [0.4, 0.5) is 0 Å². The van der Waals surface area contributed by atoms with Gasteiger partial charge in [-0.2, -0.15) is 0 Å². The molecule has 0 saturated heterocycles. The fraction of sp³-hybridized carbons (Fsp3) is 0.889. The van der Waals surface area contributed by atoms with Crippen LogP contribution in [0.3, 0.4) is 0 Å². The Bertz CT molecular complexity index is 556. The Hall–Kier alpha value is -0.480. The van der Waals surface area contributed by atoms with Gasteiger partial charge in [-0.05, 0) is 70.1 Å². The molecular formula is C18H25Cl2NO3. The Morgan fingerprint density at radius 2 is 1.54 bits per heavy atom. The molecule has 5 aliphatic carbocycles. The monoisotopic (exact) mass is 373 g/mol. The van der Waals surface area contributed by atoms with Gasteiger partial charge in [0.2, 0.25) is 0 Å². The van der Waals surface area contributed by atoms with Gasteiger partial charge in [-0.25, -0.2) is 0 Å². The van der Waals surface area contributed by atoms with E-state index in [1.54, 1.807) is 13.8 Å². The number of carbonyl (C=O) groups is 2. The lowest BCUT2D eigenvalue weighted by Crippen LogP contribution is -2.61. The largest absolute Gasteiger partial charge is 0.452 e. The summed E-state index contributed by atoms with van der Waals surface area (Å²) in [5.41, 5.74) is -0.968. The summed E-state index contributed by atoms with van der Waals surface area (Å²) in [6.07, 6.45) is 6.77. The van der Waals surface area contributed by atoms with Gasteiger partial charge in [0.1, 0.15) is 9.75 Å². The van der Waals surface area contributed by atoms with Gasteiger partial charge in [0.25, 0.3) is 5.91 Å². The lowest BCUT2D eigenvalue weighted by molar-refractivity contribution is -0.161. The first-order valence-corrected chi connectivity index (χ1v) is 9.79. The van der Waals surface area contributed by atoms with Crippen LogP contribution < -0.4 is 5.32 Å². The lowest BCUT2D eigenvalue weighted by atomic mass is 9.53. The van der Waals surface area contributed by atoms with Gasteiger partial charge in [-0.15, -0.1) is 23.2 Å². The van der Waals surface area contributed by atoms with Crippen LogP contribution in [0.2, 0.25) is 0 Å². The molecule has 5 rings (SSSR count). The highest BCUT2D eigenvalue weighted by atomic mass is 35.5. The molecule has 6 heteroatoms. The standard InChI is InChI=1S/C18H25Cl2NO3/c1-10(24-15(23)16(2)9-18(16,19)20)14(22)21-17-6-11-3-12(7-17)5-13(4-11)8-17/h10-13H,3-9H2,1-2H3,(H,21,22)/t10-,11?,12?,13?,16-,17?/m0/s1. The zero-order chi connectivity index (χ0) is 17.3. The second-order valence-corrected chi connectivity index (χ2v) is 10.4. The molecule has 5 saturated carbocycles. The maximum absolute atomic E-state index is 12.6. The molecule has 0 radical (unpaired) electrons. The summed E-state index contributed by atoms with van der Waals surface area (Å²) in [5, 5.41) is 3.24. The van der Waals surface area contributed by atoms with Crippen LogP contribution in [0.5, 0.6) is 0 Å². The summed E-state index contributed by atoms with van der Waals surface area (Å²) in [4.78, 5) is 24.9. The first-order chi connectivity index (χ1) is 11.1. The van der Waals surface area contributed by atoms with Gasteiger partial charge in [0.05, 0.1) is 0 Å². The topological polar surface area (TPSA) is 55.4 Å². The number of hydrogen-bond donors (Lipinski definition) is 1. The Morgan fingerprint density at radius 1 is 1.08 bits per heavy atom. The van der Waals surface area contributed by atoms with Crippen molar-refractivity contribution in [3.63, 3.8) is 0 Å². The van der Waals surface area contributed by atoms with E-state index in [1.165, 1.54) is 19.3 Å². The Labute approximate surface area is 153 Å². The normalized spacial score (nSPS) is 45.6. The molecule has 5 fully saturated rings. The number of esters is 1. The van der Waals surface area contributed by atoms with E-state index in [4.69, 9.17) is 27.9 Å². The molecule has 0 aliphatic heterocycles. The van der Waals surface area contributed by atoms with Crippen molar-refractivity contribution in [2.45, 2.75) is 74.8 Å². The van der Waals surface area contributed by atoms with E-state index in [9.17, 15) is 9.59 Å². The van der Waals surface area contributed by atoms with Gasteiger partial charge in [-0.3, -0.25) is 9.59 Å². The van der Waals surface area contributed by atoms with Crippen molar-refractivity contribution < 1.29 is 14.3 Å². The summed E-state index contributed by atoms with van der Waals surface area (Å²) in [7, 11) is 0.